The third kappa shape index (κ3) is 26.2. The molecule has 0 radical (unpaired) electrons. The number of hydrogen-bond acceptors (Lipinski definition) is 3. The smallest absolute Gasteiger partial charge is 0.168 e. The van der Waals surface area contributed by atoms with Gasteiger partial charge in [-0.2, -0.15) is 0 Å². The van der Waals surface area contributed by atoms with Gasteiger partial charge in [-0.25, -0.2) is 0 Å². The molecule has 0 spiro atoms. The van der Waals surface area contributed by atoms with Gasteiger partial charge in [-0.15, -0.1) is 0 Å². The van der Waals surface area contributed by atoms with Gasteiger partial charge >= 0.3 is 0 Å². The number of carbonyl (C=O) groups is 2. The molecule has 0 bridgehead atoms. The summed E-state index contributed by atoms with van der Waals surface area (Å²) < 4.78 is 0. The molecule has 3 unspecified atom stereocenters. The first kappa shape index (κ1) is 42.2. The molecule has 0 aromatic carbocycles. The quantitative estimate of drug-likeness (QED) is 0.0451. The highest BCUT2D eigenvalue weighted by Gasteiger charge is 2.39. The van der Waals surface area contributed by atoms with Crippen molar-refractivity contribution in [2.45, 2.75) is 206 Å². The first-order valence-corrected chi connectivity index (χ1v) is 19.3. The van der Waals surface area contributed by atoms with Gasteiger partial charge in [-0.1, -0.05) is 157 Å². The molecule has 3 atom stereocenters. The number of carbonyl (C=O) groups excluding carboxylic acids is 2. The molecule has 1 N–H and O–H groups in total. The second kappa shape index (κ2) is 31.2. The third-order valence-corrected chi connectivity index (χ3v) is 9.76. The highest BCUT2D eigenvalue weighted by Crippen LogP contribution is 2.30. The maximum Gasteiger partial charge on any atom is 0.168 e. The van der Waals surface area contributed by atoms with Crippen LogP contribution in [0, 0.1) is 5.92 Å². The average molecular weight is 621 g/mol. The minimum absolute atomic E-state index is 0.00743. The van der Waals surface area contributed by atoms with Crippen molar-refractivity contribution in [1.29, 1.82) is 0 Å². The van der Waals surface area contributed by atoms with Crippen LogP contribution in [0.4, 0.5) is 0 Å². The lowest BCUT2D eigenvalue weighted by molar-refractivity contribution is -0.140. The number of Topliss-reactive ketones (excluding diaryl/α,β-unsaturated/α-hetero) is 2. The molecule has 0 aliphatic carbocycles. The molecule has 0 aliphatic heterocycles. The molecule has 43 heavy (non-hydrogen) atoms. The molecule has 0 rings (SSSR count). The highest BCUT2D eigenvalue weighted by atomic mass is 31.0. The predicted octanol–water partition coefficient (Wildman–Crippen LogP) is 12.4. The molecule has 0 fully saturated rings. The van der Waals surface area contributed by atoms with Gasteiger partial charge in [-0.05, 0) is 64.2 Å². The summed E-state index contributed by atoms with van der Waals surface area (Å²) in [6.07, 6.45) is 41.9. The Kier molecular flexibility index (Phi) is 30.6. The van der Waals surface area contributed by atoms with E-state index in [-0.39, 0.29) is 11.6 Å². The van der Waals surface area contributed by atoms with Crippen molar-refractivity contribution in [3.05, 3.63) is 24.3 Å². The van der Waals surface area contributed by atoms with Crippen LogP contribution in [-0.2, 0) is 9.59 Å². The Morgan fingerprint density at radius 2 is 0.837 bits per heavy atom. The lowest BCUT2D eigenvalue weighted by atomic mass is 9.90. The second-order valence-electron chi connectivity index (χ2n) is 13.1. The molecule has 252 valence electrons. The molecule has 0 aliphatic rings. The Morgan fingerprint density at radius 1 is 0.535 bits per heavy atom. The zero-order valence-corrected chi connectivity index (χ0v) is 30.2. The van der Waals surface area contributed by atoms with Crippen LogP contribution in [0.1, 0.15) is 201 Å². The minimum Gasteiger partial charge on any atom is -0.377 e. The SMILES string of the molecule is CCCCCCCCC=CCCCCCCCC(=O)C(C)C(O)(P)C(=O)CCCCCCCC=CCCCCCCCC. The van der Waals surface area contributed by atoms with E-state index < -0.39 is 11.3 Å². The zero-order chi connectivity index (χ0) is 31.9. The summed E-state index contributed by atoms with van der Waals surface area (Å²) in [5.41, 5.74) is 0. The summed E-state index contributed by atoms with van der Waals surface area (Å²) in [4.78, 5) is 25.4. The van der Waals surface area contributed by atoms with E-state index in [2.05, 4.69) is 47.4 Å². The van der Waals surface area contributed by atoms with E-state index in [4.69, 9.17) is 0 Å². The van der Waals surface area contributed by atoms with Gasteiger partial charge in [0.15, 0.2) is 5.78 Å². The van der Waals surface area contributed by atoms with Gasteiger partial charge < -0.3 is 5.11 Å². The Bertz CT molecular complexity index is 697. The van der Waals surface area contributed by atoms with Crippen molar-refractivity contribution in [2.75, 3.05) is 0 Å². The molecule has 0 saturated carbocycles. The number of aliphatic hydroxyl groups is 1. The maximum absolute atomic E-state index is 12.7. The molecule has 0 aromatic heterocycles. The van der Waals surface area contributed by atoms with Crippen molar-refractivity contribution in [3.8, 4) is 0 Å². The summed E-state index contributed by atoms with van der Waals surface area (Å²) in [5, 5.41) is 9.22. The third-order valence-electron chi connectivity index (χ3n) is 8.94. The van der Waals surface area contributed by atoms with Crippen LogP contribution in [0.3, 0.4) is 0 Å². The number of rotatable bonds is 33. The van der Waals surface area contributed by atoms with Crippen LogP contribution < -0.4 is 0 Å². The van der Waals surface area contributed by atoms with E-state index in [1.165, 1.54) is 116 Å². The largest absolute Gasteiger partial charge is 0.377 e. The average Bonchev–Trinajstić information content (AvgIpc) is 3.00. The second-order valence-corrected chi connectivity index (χ2v) is 14.0. The Hall–Kier alpha value is -0.790. The highest BCUT2D eigenvalue weighted by molar-refractivity contribution is 7.20. The molecular weight excluding hydrogens is 547 g/mol. The van der Waals surface area contributed by atoms with E-state index in [0.29, 0.717) is 12.8 Å². The number of ketones is 2. The van der Waals surface area contributed by atoms with Crippen molar-refractivity contribution < 1.29 is 14.7 Å². The lowest BCUT2D eigenvalue weighted by Crippen LogP contribution is -2.42. The van der Waals surface area contributed by atoms with Crippen LogP contribution in [0.25, 0.3) is 0 Å². The molecule has 0 amide bonds. The Balaban J connectivity index is 3.77. The number of unbranched alkanes of at least 4 members (excludes halogenated alkanes) is 22. The van der Waals surface area contributed by atoms with E-state index in [1.807, 2.05) is 0 Å². The standard InChI is InChI=1S/C39H73O3P/c1-4-6-8-10-12-14-16-18-20-22-24-26-28-30-32-34-37(40)36(3)39(42,43)38(41)35-33-31-29-27-25-23-21-19-17-15-13-11-9-7-5-2/h18-21,36,42H,4-17,22-35,43H2,1-3H3. The van der Waals surface area contributed by atoms with Crippen molar-refractivity contribution in [3.63, 3.8) is 0 Å². The summed E-state index contributed by atoms with van der Waals surface area (Å²) in [7, 11) is 2.29. The number of allylic oxidation sites excluding steroid dienone is 4. The van der Waals surface area contributed by atoms with E-state index >= 15 is 0 Å². The number of hydrogen-bond donors (Lipinski definition) is 1. The first-order valence-electron chi connectivity index (χ1n) is 18.7. The van der Waals surface area contributed by atoms with Gasteiger partial charge in [0.25, 0.3) is 0 Å². The maximum atomic E-state index is 12.7. The topological polar surface area (TPSA) is 54.4 Å². The van der Waals surface area contributed by atoms with Crippen LogP contribution in [-0.4, -0.2) is 22.0 Å². The summed E-state index contributed by atoms with van der Waals surface area (Å²) in [6, 6.07) is 0. The Labute approximate surface area is 271 Å². The van der Waals surface area contributed by atoms with Crippen molar-refractivity contribution in [1.82, 2.24) is 0 Å². The normalized spacial score (nSPS) is 14.1. The van der Waals surface area contributed by atoms with Crippen LogP contribution in [0.2, 0.25) is 0 Å². The van der Waals surface area contributed by atoms with Gasteiger partial charge in [0.05, 0.1) is 5.92 Å². The van der Waals surface area contributed by atoms with E-state index in [9.17, 15) is 14.7 Å². The monoisotopic (exact) mass is 621 g/mol. The van der Waals surface area contributed by atoms with Gasteiger partial charge in [0.2, 0.25) is 0 Å². The molecular formula is C39H73O3P. The van der Waals surface area contributed by atoms with E-state index in [0.717, 1.165) is 51.4 Å². The fraction of sp³-hybridized carbons (Fsp3) is 0.846. The predicted molar refractivity (Wildman–Crippen MR) is 193 cm³/mol. The van der Waals surface area contributed by atoms with Crippen LogP contribution in [0.5, 0.6) is 0 Å². The van der Waals surface area contributed by atoms with Gasteiger partial charge in [-0.3, -0.25) is 9.59 Å². The summed E-state index contributed by atoms with van der Waals surface area (Å²) in [5.74, 6) is -0.863. The molecule has 0 heterocycles. The van der Waals surface area contributed by atoms with Crippen molar-refractivity contribution in [2.24, 2.45) is 5.92 Å². The fourth-order valence-corrected chi connectivity index (χ4v) is 5.96. The zero-order valence-electron chi connectivity index (χ0n) is 29.0. The minimum atomic E-state index is -1.63. The fourth-order valence-electron chi connectivity index (χ4n) is 5.63. The summed E-state index contributed by atoms with van der Waals surface area (Å²) >= 11 is 0. The lowest BCUT2D eigenvalue weighted by Gasteiger charge is -2.27. The van der Waals surface area contributed by atoms with Gasteiger partial charge in [0.1, 0.15) is 11.1 Å². The van der Waals surface area contributed by atoms with Crippen LogP contribution >= 0.6 is 9.24 Å². The molecule has 0 aromatic rings. The molecule has 4 heteroatoms. The van der Waals surface area contributed by atoms with Crippen LogP contribution in [0.15, 0.2) is 24.3 Å². The molecule has 0 saturated heterocycles. The van der Waals surface area contributed by atoms with Gasteiger partial charge in [0, 0.05) is 12.8 Å². The van der Waals surface area contributed by atoms with E-state index in [1.54, 1.807) is 6.92 Å². The first-order chi connectivity index (χ1) is 20.9. The summed E-state index contributed by atoms with van der Waals surface area (Å²) in [6.45, 7) is 6.24. The molecule has 3 nitrogen and oxygen atoms in total. The Morgan fingerprint density at radius 3 is 1.21 bits per heavy atom. The van der Waals surface area contributed by atoms with Crippen molar-refractivity contribution >= 4 is 20.8 Å².